The predicted octanol–water partition coefficient (Wildman–Crippen LogP) is 2.07. The highest BCUT2D eigenvalue weighted by atomic mass is 79.9. The van der Waals surface area contributed by atoms with Gasteiger partial charge in [0.05, 0.1) is 28.9 Å². The maximum Gasteiger partial charge on any atom is 0.265 e. The van der Waals surface area contributed by atoms with E-state index in [2.05, 4.69) is 22.9 Å². The van der Waals surface area contributed by atoms with Crippen molar-refractivity contribution in [3.05, 3.63) is 26.6 Å². The van der Waals surface area contributed by atoms with Gasteiger partial charge in [0, 0.05) is 6.20 Å². The molecule has 1 aromatic rings. The van der Waals surface area contributed by atoms with Crippen LogP contribution in [-0.2, 0) is 11.3 Å². The largest absolute Gasteiger partial charge is 0.397 e. The molecule has 2 heterocycles. The van der Waals surface area contributed by atoms with Crippen molar-refractivity contribution >= 4 is 21.6 Å². The van der Waals surface area contributed by atoms with Crippen LogP contribution in [0.3, 0.4) is 0 Å². The monoisotopic (exact) mass is 300 g/mol. The van der Waals surface area contributed by atoms with Gasteiger partial charge in [-0.05, 0) is 48.2 Å². The Hall–Kier alpha value is -0.810. The fourth-order valence-corrected chi connectivity index (χ4v) is 2.57. The fourth-order valence-electron chi connectivity index (χ4n) is 2.11. The van der Waals surface area contributed by atoms with Gasteiger partial charge in [-0.1, -0.05) is 0 Å². The number of nitrogens with zero attached hydrogens (tertiary/aromatic N) is 1. The number of pyridine rings is 1. The van der Waals surface area contributed by atoms with Gasteiger partial charge in [-0.25, -0.2) is 0 Å². The van der Waals surface area contributed by atoms with Crippen LogP contribution in [0.25, 0.3) is 0 Å². The maximum atomic E-state index is 12.0. The molecule has 1 aromatic heterocycles. The second-order valence-electron chi connectivity index (χ2n) is 4.63. The number of rotatable bonds is 2. The molecular formula is C12H17BrN2O2. The quantitative estimate of drug-likeness (QED) is 0.910. The van der Waals surface area contributed by atoms with Crippen LogP contribution in [0.2, 0.25) is 0 Å². The lowest BCUT2D eigenvalue weighted by atomic mass is 10.2. The van der Waals surface area contributed by atoms with Gasteiger partial charge in [-0.2, -0.15) is 0 Å². The number of ether oxygens (including phenoxy) is 1. The summed E-state index contributed by atoms with van der Waals surface area (Å²) in [4.78, 5) is 12.0. The first-order chi connectivity index (χ1) is 7.99. The molecule has 2 atom stereocenters. The summed E-state index contributed by atoms with van der Waals surface area (Å²) in [6.45, 7) is 4.47. The van der Waals surface area contributed by atoms with Crippen molar-refractivity contribution in [1.82, 2.24) is 4.57 Å². The summed E-state index contributed by atoms with van der Waals surface area (Å²) >= 11 is 3.29. The molecule has 1 fully saturated rings. The molecule has 2 rings (SSSR count). The van der Waals surface area contributed by atoms with Gasteiger partial charge in [0.2, 0.25) is 0 Å². The smallest absolute Gasteiger partial charge is 0.265 e. The van der Waals surface area contributed by atoms with Gasteiger partial charge in [0.25, 0.3) is 5.56 Å². The minimum absolute atomic E-state index is 0.0418. The van der Waals surface area contributed by atoms with Crippen LogP contribution >= 0.6 is 15.9 Å². The summed E-state index contributed by atoms with van der Waals surface area (Å²) in [6.07, 6.45) is 4.18. The molecule has 5 heteroatoms. The van der Waals surface area contributed by atoms with Crippen LogP contribution in [0, 0.1) is 6.92 Å². The third kappa shape index (κ3) is 2.55. The number of anilines is 1. The van der Waals surface area contributed by atoms with Gasteiger partial charge in [0.15, 0.2) is 0 Å². The lowest BCUT2D eigenvalue weighted by molar-refractivity contribution is 0.0452. The zero-order valence-electron chi connectivity index (χ0n) is 10.1. The highest BCUT2D eigenvalue weighted by Crippen LogP contribution is 2.22. The van der Waals surface area contributed by atoms with Crippen molar-refractivity contribution in [3.63, 3.8) is 0 Å². The standard InChI is InChI=1S/C12H17BrN2O2/c1-7-3-4-9(17-7)5-15-6-10(14)8(2)11(13)12(15)16/h6-7,9H,3-5,14H2,1-2H3. The van der Waals surface area contributed by atoms with Crippen molar-refractivity contribution < 1.29 is 4.74 Å². The molecule has 1 aliphatic heterocycles. The Kier molecular flexibility index (Phi) is 3.58. The topological polar surface area (TPSA) is 57.2 Å². The lowest BCUT2D eigenvalue weighted by Crippen LogP contribution is -2.28. The third-order valence-electron chi connectivity index (χ3n) is 3.23. The van der Waals surface area contributed by atoms with E-state index in [0.29, 0.717) is 22.8 Å². The first kappa shape index (κ1) is 12.6. The normalized spacial score (nSPS) is 24.2. The molecule has 2 N–H and O–H groups in total. The molecule has 1 saturated heterocycles. The Balaban J connectivity index is 2.25. The summed E-state index contributed by atoms with van der Waals surface area (Å²) in [6, 6.07) is 0. The van der Waals surface area contributed by atoms with Crippen LogP contribution in [-0.4, -0.2) is 16.8 Å². The molecule has 2 unspecified atom stereocenters. The Morgan fingerprint density at radius 3 is 2.88 bits per heavy atom. The van der Waals surface area contributed by atoms with E-state index in [1.165, 1.54) is 0 Å². The van der Waals surface area contributed by atoms with Gasteiger partial charge in [-0.3, -0.25) is 4.79 Å². The summed E-state index contributed by atoms with van der Waals surface area (Å²) in [7, 11) is 0. The van der Waals surface area contributed by atoms with Crippen molar-refractivity contribution in [1.29, 1.82) is 0 Å². The lowest BCUT2D eigenvalue weighted by Gasteiger charge is -2.15. The first-order valence-electron chi connectivity index (χ1n) is 5.79. The average molecular weight is 301 g/mol. The van der Waals surface area contributed by atoms with Crippen LogP contribution in [0.1, 0.15) is 25.3 Å². The molecular weight excluding hydrogens is 284 g/mol. The van der Waals surface area contributed by atoms with E-state index in [1.807, 2.05) is 6.92 Å². The van der Waals surface area contributed by atoms with E-state index in [-0.39, 0.29) is 11.7 Å². The third-order valence-corrected chi connectivity index (χ3v) is 4.16. The first-order valence-corrected chi connectivity index (χ1v) is 6.58. The summed E-state index contributed by atoms with van der Waals surface area (Å²) in [5.74, 6) is 0. The minimum atomic E-state index is -0.0418. The Morgan fingerprint density at radius 2 is 2.29 bits per heavy atom. The van der Waals surface area contributed by atoms with Gasteiger partial charge in [0.1, 0.15) is 0 Å². The highest BCUT2D eigenvalue weighted by molar-refractivity contribution is 9.10. The van der Waals surface area contributed by atoms with E-state index in [1.54, 1.807) is 10.8 Å². The molecule has 0 radical (unpaired) electrons. The van der Waals surface area contributed by atoms with E-state index in [9.17, 15) is 4.79 Å². The second kappa shape index (κ2) is 4.82. The number of nitrogen functional groups attached to an aromatic ring is 1. The number of aromatic nitrogens is 1. The second-order valence-corrected chi connectivity index (χ2v) is 5.42. The maximum absolute atomic E-state index is 12.0. The summed E-state index contributed by atoms with van der Waals surface area (Å²) < 4.78 is 7.89. The van der Waals surface area contributed by atoms with E-state index in [0.717, 1.165) is 18.4 Å². The molecule has 0 bridgehead atoms. The number of hydrogen-bond donors (Lipinski definition) is 1. The minimum Gasteiger partial charge on any atom is -0.397 e. The molecule has 0 aromatic carbocycles. The van der Waals surface area contributed by atoms with Crippen molar-refractivity contribution in [2.24, 2.45) is 0 Å². The van der Waals surface area contributed by atoms with E-state index >= 15 is 0 Å². The summed E-state index contributed by atoms with van der Waals surface area (Å²) in [5.41, 5.74) is 7.25. The van der Waals surface area contributed by atoms with Crippen molar-refractivity contribution in [2.75, 3.05) is 5.73 Å². The molecule has 1 aliphatic rings. The molecule has 0 saturated carbocycles. The Morgan fingerprint density at radius 1 is 1.59 bits per heavy atom. The molecule has 17 heavy (non-hydrogen) atoms. The number of nitrogens with two attached hydrogens (primary N) is 1. The van der Waals surface area contributed by atoms with Crippen molar-refractivity contribution in [2.45, 2.75) is 45.4 Å². The van der Waals surface area contributed by atoms with Gasteiger partial charge >= 0.3 is 0 Å². The van der Waals surface area contributed by atoms with Gasteiger partial charge < -0.3 is 15.0 Å². The Labute approximate surface area is 109 Å². The molecule has 0 spiro atoms. The molecule has 0 aliphatic carbocycles. The van der Waals surface area contributed by atoms with Gasteiger partial charge in [-0.15, -0.1) is 0 Å². The zero-order valence-corrected chi connectivity index (χ0v) is 11.7. The van der Waals surface area contributed by atoms with E-state index in [4.69, 9.17) is 10.5 Å². The molecule has 0 amide bonds. The molecule has 4 nitrogen and oxygen atoms in total. The highest BCUT2D eigenvalue weighted by Gasteiger charge is 2.22. The van der Waals surface area contributed by atoms with Crippen LogP contribution in [0.15, 0.2) is 15.5 Å². The predicted molar refractivity (Wildman–Crippen MR) is 71.1 cm³/mol. The molecule has 94 valence electrons. The number of hydrogen-bond acceptors (Lipinski definition) is 3. The number of halogens is 1. The van der Waals surface area contributed by atoms with Crippen LogP contribution in [0.5, 0.6) is 0 Å². The average Bonchev–Trinajstić information content (AvgIpc) is 2.69. The van der Waals surface area contributed by atoms with Crippen LogP contribution in [0.4, 0.5) is 5.69 Å². The van der Waals surface area contributed by atoms with Crippen LogP contribution < -0.4 is 11.3 Å². The summed E-state index contributed by atoms with van der Waals surface area (Å²) in [5, 5.41) is 0. The fraction of sp³-hybridized carbons (Fsp3) is 0.583. The van der Waals surface area contributed by atoms with E-state index < -0.39 is 0 Å². The SMILES string of the molecule is Cc1c(N)cn(CC2CCC(C)O2)c(=O)c1Br. The zero-order chi connectivity index (χ0) is 12.6. The van der Waals surface area contributed by atoms with Crippen molar-refractivity contribution in [3.8, 4) is 0 Å². The Bertz CT molecular complexity index is 484.